The monoisotopic (exact) mass is 472 g/mol. The van der Waals surface area contributed by atoms with Gasteiger partial charge < -0.3 is 4.57 Å². The number of nitrogens with zero attached hydrogens (tertiary/aromatic N) is 2. The molecule has 0 aliphatic heterocycles. The molecule has 0 saturated carbocycles. The fourth-order valence-corrected chi connectivity index (χ4v) is 6.45. The average molecular weight is 474 g/mol. The smallest absolute Gasteiger partial charge is 0.160 e. The van der Waals surface area contributed by atoms with Crippen LogP contribution in [0.5, 0.6) is 0 Å². The first-order valence-electron chi connectivity index (χ1n) is 11.0. The van der Waals surface area contributed by atoms with Gasteiger partial charge in [-0.05, 0) is 24.1 Å². The zero-order valence-electron chi connectivity index (χ0n) is 17.8. The van der Waals surface area contributed by atoms with Crippen LogP contribution >= 0.6 is 23.2 Å². The van der Waals surface area contributed by atoms with E-state index < -0.39 is 20.6 Å². The summed E-state index contributed by atoms with van der Waals surface area (Å²) in [5.74, 6) is 0.134. The Morgan fingerprint density at radius 1 is 0.933 bits per heavy atom. The zero-order valence-corrected chi connectivity index (χ0v) is 20.2. The van der Waals surface area contributed by atoms with Gasteiger partial charge in [0, 0.05) is 17.4 Å². The lowest BCUT2D eigenvalue weighted by Gasteiger charge is -2.24. The quantitative estimate of drug-likeness (QED) is 0.201. The van der Waals surface area contributed by atoms with E-state index in [0.717, 1.165) is 12.8 Å². The summed E-state index contributed by atoms with van der Waals surface area (Å²) in [4.78, 5) is 4.01. The van der Waals surface area contributed by atoms with Crippen LogP contribution in [-0.4, -0.2) is 23.7 Å². The van der Waals surface area contributed by atoms with E-state index in [0.29, 0.717) is 17.0 Å². The van der Waals surface area contributed by atoms with E-state index in [1.165, 1.54) is 44.9 Å². The van der Waals surface area contributed by atoms with E-state index in [1.807, 2.05) is 0 Å². The Bertz CT molecular complexity index is 808. The van der Waals surface area contributed by atoms with Crippen molar-refractivity contribution in [3.8, 4) is 0 Å². The van der Waals surface area contributed by atoms with E-state index >= 15 is 0 Å². The van der Waals surface area contributed by atoms with Crippen LogP contribution in [-0.2, 0) is 9.84 Å². The van der Waals surface area contributed by atoms with Gasteiger partial charge in [-0.15, -0.1) is 0 Å². The van der Waals surface area contributed by atoms with Crippen LogP contribution in [0.1, 0.15) is 87.4 Å². The molecule has 0 spiro atoms. The summed E-state index contributed by atoms with van der Waals surface area (Å²) in [6.45, 7) is 2.23. The third kappa shape index (κ3) is 8.24. The lowest BCUT2D eigenvalue weighted by molar-refractivity contribution is 0.542. The molecule has 30 heavy (non-hydrogen) atoms. The molecule has 168 valence electrons. The number of benzene rings is 1. The van der Waals surface area contributed by atoms with Crippen LogP contribution in [0.3, 0.4) is 0 Å². The molecular formula is C23H34Cl2N2O2S. The largest absolute Gasteiger partial charge is 0.319 e. The Labute approximate surface area is 191 Å². The van der Waals surface area contributed by atoms with Crippen molar-refractivity contribution in [2.75, 3.05) is 5.75 Å². The predicted molar refractivity (Wildman–Crippen MR) is 127 cm³/mol. The number of halogens is 2. The van der Waals surface area contributed by atoms with Crippen LogP contribution in [0, 0.1) is 0 Å². The van der Waals surface area contributed by atoms with Gasteiger partial charge in [-0.2, -0.15) is 0 Å². The molecule has 7 heteroatoms. The summed E-state index contributed by atoms with van der Waals surface area (Å²) >= 11 is 12.6. The van der Waals surface area contributed by atoms with Crippen LogP contribution in [0.15, 0.2) is 43.0 Å². The molecule has 1 aromatic heterocycles. The van der Waals surface area contributed by atoms with Gasteiger partial charge >= 0.3 is 0 Å². The summed E-state index contributed by atoms with van der Waals surface area (Å²) in [6.07, 6.45) is 16.5. The molecule has 1 heterocycles. The van der Waals surface area contributed by atoms with Crippen molar-refractivity contribution < 1.29 is 8.42 Å². The number of aromatic nitrogens is 2. The van der Waals surface area contributed by atoms with E-state index in [9.17, 15) is 8.42 Å². The number of hydrogen-bond donors (Lipinski definition) is 0. The molecule has 0 radical (unpaired) electrons. The molecule has 0 saturated heterocycles. The normalized spacial score (nSPS) is 14.0. The molecule has 1 aromatic carbocycles. The molecule has 2 atom stereocenters. The molecule has 0 amide bonds. The van der Waals surface area contributed by atoms with E-state index in [1.54, 1.807) is 47.6 Å². The Morgan fingerprint density at radius 3 is 2.03 bits per heavy atom. The van der Waals surface area contributed by atoms with E-state index in [-0.39, 0.29) is 5.75 Å². The molecule has 0 aliphatic rings. The fourth-order valence-electron chi connectivity index (χ4n) is 3.68. The SMILES string of the molecule is CCCCCCCCCCCCS(=O)(=O)C(c1ccc(Cl)cc1)C(Cl)n1ccnc1. The second kappa shape index (κ2) is 13.4. The van der Waals surface area contributed by atoms with Gasteiger partial charge in [0.2, 0.25) is 0 Å². The van der Waals surface area contributed by atoms with Crippen LogP contribution in [0.2, 0.25) is 5.02 Å². The van der Waals surface area contributed by atoms with Crippen molar-refractivity contribution in [3.63, 3.8) is 0 Å². The first-order chi connectivity index (χ1) is 14.5. The first-order valence-corrected chi connectivity index (χ1v) is 13.6. The predicted octanol–water partition coefficient (Wildman–Crippen LogP) is 7.35. The molecule has 0 fully saturated rings. The van der Waals surface area contributed by atoms with E-state index in [4.69, 9.17) is 23.2 Å². The highest BCUT2D eigenvalue weighted by molar-refractivity contribution is 7.91. The summed E-state index contributed by atoms with van der Waals surface area (Å²) in [6, 6.07) is 6.90. The maximum atomic E-state index is 13.2. The third-order valence-corrected chi connectivity index (χ3v) is 8.47. The maximum Gasteiger partial charge on any atom is 0.160 e. The fraction of sp³-hybridized carbons (Fsp3) is 0.609. The van der Waals surface area contributed by atoms with Crippen molar-refractivity contribution in [1.82, 2.24) is 9.55 Å². The molecule has 2 rings (SSSR count). The standard InChI is InChI=1S/C23H34Cl2N2O2S/c1-2-3-4-5-6-7-8-9-10-11-18-30(28,29)22(20-12-14-21(24)15-13-20)23(25)27-17-16-26-19-27/h12-17,19,22-23H,2-11,18H2,1H3. The number of imidazole rings is 1. The molecule has 4 nitrogen and oxygen atoms in total. The minimum atomic E-state index is -3.44. The van der Waals surface area contributed by atoms with Crippen molar-refractivity contribution in [1.29, 1.82) is 0 Å². The summed E-state index contributed by atoms with van der Waals surface area (Å²) in [5.41, 5.74) is -0.109. The van der Waals surface area contributed by atoms with Crippen LogP contribution < -0.4 is 0 Å². The van der Waals surface area contributed by atoms with Gasteiger partial charge in [0.1, 0.15) is 10.8 Å². The Kier molecular flexibility index (Phi) is 11.3. The van der Waals surface area contributed by atoms with Gasteiger partial charge in [0.15, 0.2) is 9.84 Å². The number of sulfone groups is 1. The minimum Gasteiger partial charge on any atom is -0.319 e. The third-order valence-electron chi connectivity index (χ3n) is 5.43. The minimum absolute atomic E-state index is 0.134. The van der Waals surface area contributed by atoms with Crippen molar-refractivity contribution in [2.45, 2.75) is 81.9 Å². The van der Waals surface area contributed by atoms with Gasteiger partial charge in [-0.1, -0.05) is 100 Å². The Balaban J connectivity index is 1.89. The second-order valence-corrected chi connectivity index (χ2v) is 11.0. The lowest BCUT2D eigenvalue weighted by Crippen LogP contribution is -2.23. The van der Waals surface area contributed by atoms with Crippen molar-refractivity contribution >= 4 is 33.0 Å². The zero-order chi connectivity index (χ0) is 21.8. The van der Waals surface area contributed by atoms with Crippen molar-refractivity contribution in [2.24, 2.45) is 0 Å². The molecule has 0 bridgehead atoms. The van der Waals surface area contributed by atoms with Gasteiger partial charge in [-0.25, -0.2) is 13.4 Å². The summed E-state index contributed by atoms with van der Waals surface area (Å²) in [7, 11) is -3.44. The molecule has 0 N–H and O–H groups in total. The topological polar surface area (TPSA) is 52.0 Å². The number of alkyl halides is 1. The Morgan fingerprint density at radius 2 is 1.50 bits per heavy atom. The summed E-state index contributed by atoms with van der Waals surface area (Å²) < 4.78 is 28.1. The highest BCUT2D eigenvalue weighted by Gasteiger charge is 2.34. The molecule has 2 aromatic rings. The second-order valence-electron chi connectivity index (χ2n) is 7.90. The lowest BCUT2D eigenvalue weighted by atomic mass is 10.1. The van der Waals surface area contributed by atoms with Gasteiger partial charge in [0.05, 0.1) is 12.1 Å². The van der Waals surface area contributed by atoms with Gasteiger partial charge in [-0.3, -0.25) is 0 Å². The van der Waals surface area contributed by atoms with Crippen LogP contribution in [0.25, 0.3) is 0 Å². The first kappa shape index (κ1) is 25.2. The van der Waals surface area contributed by atoms with Crippen molar-refractivity contribution in [3.05, 3.63) is 53.6 Å². The average Bonchev–Trinajstić information content (AvgIpc) is 3.26. The van der Waals surface area contributed by atoms with Gasteiger partial charge in [0.25, 0.3) is 0 Å². The maximum absolute atomic E-state index is 13.2. The Hall–Kier alpha value is -1.04. The molecule has 2 unspecified atom stereocenters. The van der Waals surface area contributed by atoms with E-state index in [2.05, 4.69) is 11.9 Å². The highest BCUT2D eigenvalue weighted by atomic mass is 35.5. The summed E-state index contributed by atoms with van der Waals surface area (Å²) in [5, 5.41) is -0.275. The molecular weight excluding hydrogens is 439 g/mol. The number of unbranched alkanes of at least 4 members (excludes halogenated alkanes) is 9. The number of hydrogen-bond acceptors (Lipinski definition) is 3. The highest BCUT2D eigenvalue weighted by Crippen LogP contribution is 2.38. The molecule has 0 aliphatic carbocycles. The number of rotatable bonds is 15. The van der Waals surface area contributed by atoms with Crippen LogP contribution in [0.4, 0.5) is 0 Å².